The predicted octanol–water partition coefficient (Wildman–Crippen LogP) is 3.10. The number of ether oxygens (including phenoxy) is 1. The highest BCUT2D eigenvalue weighted by Crippen LogP contribution is 2.27. The van der Waals surface area contributed by atoms with Gasteiger partial charge in [-0.2, -0.15) is 0 Å². The molecule has 2 aromatic rings. The van der Waals surface area contributed by atoms with Gasteiger partial charge in [-0.05, 0) is 43.9 Å². The highest BCUT2D eigenvalue weighted by molar-refractivity contribution is 14.0. The first-order chi connectivity index (χ1) is 14.1. The summed E-state index contributed by atoms with van der Waals surface area (Å²) in [5.41, 5.74) is 1.14. The molecule has 3 rings (SSSR count). The molecule has 0 saturated carbocycles. The number of aromatic nitrogens is 2. The van der Waals surface area contributed by atoms with Crippen LogP contribution in [0.2, 0.25) is 0 Å². The molecule has 1 aliphatic rings. The summed E-state index contributed by atoms with van der Waals surface area (Å²) in [6.07, 6.45) is 6.18. The number of imidazole rings is 1. The number of hydrogen-bond acceptors (Lipinski definition) is 4. The van der Waals surface area contributed by atoms with E-state index in [1.807, 2.05) is 49.9 Å². The number of rotatable bonds is 7. The number of aryl methyl sites for hydroxylation is 1. The van der Waals surface area contributed by atoms with Crippen LogP contribution < -0.4 is 10.1 Å². The van der Waals surface area contributed by atoms with Crippen LogP contribution in [0.5, 0.6) is 5.75 Å². The van der Waals surface area contributed by atoms with Gasteiger partial charge in [0.2, 0.25) is 0 Å². The predicted molar refractivity (Wildman–Crippen MR) is 131 cm³/mol. The highest BCUT2D eigenvalue weighted by Gasteiger charge is 2.29. The van der Waals surface area contributed by atoms with Crippen molar-refractivity contribution in [1.82, 2.24) is 19.8 Å². The molecule has 166 valence electrons. The van der Waals surface area contributed by atoms with Gasteiger partial charge in [0.25, 0.3) is 0 Å². The Balaban J connectivity index is 0.00000320. The quantitative estimate of drug-likeness (QED) is 0.329. The maximum Gasteiger partial charge on any atom is 0.194 e. The van der Waals surface area contributed by atoms with E-state index in [1.165, 1.54) is 0 Å². The summed E-state index contributed by atoms with van der Waals surface area (Å²) in [6, 6.07) is 8.20. The van der Waals surface area contributed by atoms with E-state index in [1.54, 1.807) is 0 Å². The molecule has 0 amide bonds. The molecule has 1 saturated heterocycles. The smallest absolute Gasteiger partial charge is 0.194 e. The zero-order chi connectivity index (χ0) is 20.6. The molecule has 2 N–H and O–H groups in total. The second-order valence-corrected chi connectivity index (χ2v) is 7.77. The SMILES string of the molecule is CCNC(=NCC(O)COc1cccc(C)c1)N1CCC(C)C(n2ccnc2)C1.I. The number of aliphatic imine (C=N–C) groups is 1. The van der Waals surface area contributed by atoms with Crippen LogP contribution in [-0.4, -0.2) is 64.4 Å². The van der Waals surface area contributed by atoms with Crippen molar-refractivity contribution < 1.29 is 9.84 Å². The van der Waals surface area contributed by atoms with E-state index in [-0.39, 0.29) is 30.6 Å². The number of aliphatic hydroxyl groups is 1. The molecule has 3 atom stereocenters. The highest BCUT2D eigenvalue weighted by atomic mass is 127. The Kier molecular flexibility index (Phi) is 9.90. The zero-order valence-corrected chi connectivity index (χ0v) is 20.4. The fraction of sp³-hybridized carbons (Fsp3) is 0.545. The van der Waals surface area contributed by atoms with E-state index in [4.69, 9.17) is 4.74 Å². The van der Waals surface area contributed by atoms with Crippen LogP contribution in [0.3, 0.4) is 0 Å². The lowest BCUT2D eigenvalue weighted by Crippen LogP contribution is -2.49. The van der Waals surface area contributed by atoms with Crippen molar-refractivity contribution in [2.45, 2.75) is 39.3 Å². The molecular weight excluding hydrogens is 493 g/mol. The molecule has 1 aromatic carbocycles. The van der Waals surface area contributed by atoms with Gasteiger partial charge in [0.15, 0.2) is 5.96 Å². The van der Waals surface area contributed by atoms with Crippen LogP contribution in [0, 0.1) is 12.8 Å². The fourth-order valence-electron chi connectivity index (χ4n) is 3.66. The maximum atomic E-state index is 10.3. The minimum atomic E-state index is -0.655. The Morgan fingerprint density at radius 3 is 2.97 bits per heavy atom. The largest absolute Gasteiger partial charge is 0.491 e. The van der Waals surface area contributed by atoms with E-state index in [9.17, 15) is 5.11 Å². The molecule has 8 heteroatoms. The molecule has 0 bridgehead atoms. The van der Waals surface area contributed by atoms with Crippen LogP contribution in [0.4, 0.5) is 0 Å². The van der Waals surface area contributed by atoms with Gasteiger partial charge in [-0.3, -0.25) is 4.99 Å². The molecule has 1 fully saturated rings. The monoisotopic (exact) mass is 527 g/mol. The Morgan fingerprint density at radius 2 is 2.27 bits per heavy atom. The summed E-state index contributed by atoms with van der Waals surface area (Å²) >= 11 is 0. The fourth-order valence-corrected chi connectivity index (χ4v) is 3.66. The van der Waals surface area contributed by atoms with Gasteiger partial charge < -0.3 is 24.6 Å². The summed E-state index contributed by atoms with van der Waals surface area (Å²) in [7, 11) is 0. The standard InChI is InChI=1S/C22H33N5O2.HI/c1-4-24-22(25-13-19(28)15-29-20-7-5-6-17(2)12-20)26-10-8-18(3)21(14-26)27-11-9-23-16-27;/h5-7,9,11-12,16,18-19,21,28H,4,8,10,13-15H2,1-3H3,(H,24,25);1H. The topological polar surface area (TPSA) is 74.9 Å². The summed E-state index contributed by atoms with van der Waals surface area (Å²) in [4.78, 5) is 11.2. The van der Waals surface area contributed by atoms with E-state index < -0.39 is 6.10 Å². The Labute approximate surface area is 196 Å². The molecule has 30 heavy (non-hydrogen) atoms. The number of hydrogen-bond donors (Lipinski definition) is 2. The molecular formula is C22H34IN5O2. The van der Waals surface area contributed by atoms with Gasteiger partial charge >= 0.3 is 0 Å². The molecule has 7 nitrogen and oxygen atoms in total. The van der Waals surface area contributed by atoms with Gasteiger partial charge in [0.05, 0.1) is 18.9 Å². The van der Waals surface area contributed by atoms with E-state index >= 15 is 0 Å². The van der Waals surface area contributed by atoms with Crippen molar-refractivity contribution in [3.63, 3.8) is 0 Å². The van der Waals surface area contributed by atoms with Crippen molar-refractivity contribution >= 4 is 29.9 Å². The average Bonchev–Trinajstić information content (AvgIpc) is 3.25. The molecule has 3 unspecified atom stereocenters. The number of guanidine groups is 1. The van der Waals surface area contributed by atoms with Crippen molar-refractivity contribution in [3.8, 4) is 5.75 Å². The van der Waals surface area contributed by atoms with Crippen LogP contribution in [0.25, 0.3) is 0 Å². The zero-order valence-electron chi connectivity index (χ0n) is 18.1. The average molecular weight is 527 g/mol. The molecule has 0 spiro atoms. The maximum absolute atomic E-state index is 10.3. The summed E-state index contributed by atoms with van der Waals surface area (Å²) in [6.45, 7) is 9.51. The van der Waals surface area contributed by atoms with Crippen LogP contribution in [-0.2, 0) is 0 Å². The number of piperidine rings is 1. The van der Waals surface area contributed by atoms with Crippen LogP contribution in [0.15, 0.2) is 48.0 Å². The van der Waals surface area contributed by atoms with Crippen molar-refractivity contribution in [1.29, 1.82) is 0 Å². The van der Waals surface area contributed by atoms with Gasteiger partial charge in [-0.1, -0.05) is 19.1 Å². The van der Waals surface area contributed by atoms with E-state index in [0.717, 1.165) is 43.3 Å². The molecule has 1 aromatic heterocycles. The molecule has 2 heterocycles. The minimum absolute atomic E-state index is 0. The Morgan fingerprint density at radius 1 is 1.43 bits per heavy atom. The second kappa shape index (κ2) is 12.1. The van der Waals surface area contributed by atoms with E-state index in [2.05, 4.69) is 38.6 Å². The van der Waals surface area contributed by atoms with Crippen molar-refractivity contribution in [2.24, 2.45) is 10.9 Å². The number of aliphatic hydroxyl groups excluding tert-OH is 1. The van der Waals surface area contributed by atoms with Gasteiger partial charge in [0.1, 0.15) is 18.5 Å². The van der Waals surface area contributed by atoms with Crippen molar-refractivity contribution in [2.75, 3.05) is 32.8 Å². The van der Waals surface area contributed by atoms with Gasteiger partial charge in [-0.25, -0.2) is 4.98 Å². The number of benzene rings is 1. The van der Waals surface area contributed by atoms with Crippen LogP contribution in [0.1, 0.15) is 31.9 Å². The van der Waals surface area contributed by atoms with Crippen LogP contribution >= 0.6 is 24.0 Å². The second-order valence-electron chi connectivity index (χ2n) is 7.77. The van der Waals surface area contributed by atoms with Crippen molar-refractivity contribution in [3.05, 3.63) is 48.5 Å². The molecule has 0 radical (unpaired) electrons. The van der Waals surface area contributed by atoms with E-state index in [0.29, 0.717) is 18.5 Å². The first-order valence-electron chi connectivity index (χ1n) is 10.4. The first-order valence-corrected chi connectivity index (χ1v) is 10.4. The first kappa shape index (κ1) is 24.5. The normalized spacial score (nSPS) is 20.4. The third-order valence-corrected chi connectivity index (χ3v) is 5.34. The summed E-state index contributed by atoms with van der Waals surface area (Å²) in [5, 5.41) is 13.7. The Hall–Kier alpha value is -1.81. The molecule has 1 aliphatic heterocycles. The minimum Gasteiger partial charge on any atom is -0.491 e. The number of nitrogens with zero attached hydrogens (tertiary/aromatic N) is 4. The summed E-state index contributed by atoms with van der Waals surface area (Å²) < 4.78 is 7.89. The third-order valence-electron chi connectivity index (χ3n) is 5.34. The molecule has 0 aliphatic carbocycles. The lowest BCUT2D eigenvalue weighted by atomic mass is 9.93. The third kappa shape index (κ3) is 6.87. The van der Waals surface area contributed by atoms with Gasteiger partial charge in [-0.15, -0.1) is 24.0 Å². The number of halogens is 1. The summed E-state index contributed by atoms with van der Waals surface area (Å²) in [5.74, 6) is 2.20. The lowest BCUT2D eigenvalue weighted by molar-refractivity contribution is 0.114. The number of likely N-dealkylation sites (tertiary alicyclic amines) is 1. The number of nitrogens with one attached hydrogen (secondary N) is 1. The Bertz CT molecular complexity index is 784. The van der Waals surface area contributed by atoms with Gasteiger partial charge in [0, 0.05) is 32.0 Å². The lowest BCUT2D eigenvalue weighted by Gasteiger charge is -2.39.